The molecule has 0 amide bonds. The fourth-order valence-corrected chi connectivity index (χ4v) is 1.49. The summed E-state index contributed by atoms with van der Waals surface area (Å²) in [5.74, 6) is -0.848. The SMILES string of the molecule is COCCOCCCOCc1ccc([N+](=O)[O-])c(F)c1. The van der Waals surface area contributed by atoms with Crippen molar-refractivity contribution in [2.75, 3.05) is 33.5 Å². The van der Waals surface area contributed by atoms with Gasteiger partial charge in [-0.15, -0.1) is 0 Å². The van der Waals surface area contributed by atoms with Crippen molar-refractivity contribution in [3.8, 4) is 0 Å². The number of halogens is 1. The van der Waals surface area contributed by atoms with Crippen LogP contribution in [0.5, 0.6) is 0 Å². The Balaban J connectivity index is 2.19. The first-order valence-electron chi connectivity index (χ1n) is 6.22. The fraction of sp³-hybridized carbons (Fsp3) is 0.538. The van der Waals surface area contributed by atoms with Crippen LogP contribution in [0.2, 0.25) is 0 Å². The minimum Gasteiger partial charge on any atom is -0.382 e. The van der Waals surface area contributed by atoms with Crippen LogP contribution in [0.25, 0.3) is 0 Å². The molecule has 0 heterocycles. The van der Waals surface area contributed by atoms with Gasteiger partial charge in [0.25, 0.3) is 0 Å². The fourth-order valence-electron chi connectivity index (χ4n) is 1.49. The lowest BCUT2D eigenvalue weighted by Gasteiger charge is -2.06. The van der Waals surface area contributed by atoms with Crippen molar-refractivity contribution in [3.63, 3.8) is 0 Å². The van der Waals surface area contributed by atoms with Crippen LogP contribution in [0.1, 0.15) is 12.0 Å². The van der Waals surface area contributed by atoms with Crippen LogP contribution >= 0.6 is 0 Å². The molecule has 0 radical (unpaired) electrons. The van der Waals surface area contributed by atoms with Gasteiger partial charge in [0.1, 0.15) is 0 Å². The highest BCUT2D eigenvalue weighted by Gasteiger charge is 2.13. The van der Waals surface area contributed by atoms with E-state index in [4.69, 9.17) is 14.2 Å². The number of nitro benzene ring substituents is 1. The van der Waals surface area contributed by atoms with Gasteiger partial charge >= 0.3 is 5.69 Å². The van der Waals surface area contributed by atoms with Gasteiger partial charge in [-0.25, -0.2) is 0 Å². The maximum Gasteiger partial charge on any atom is 0.304 e. The Kier molecular flexibility index (Phi) is 7.71. The average Bonchev–Trinajstić information content (AvgIpc) is 2.41. The first-order chi connectivity index (χ1) is 9.65. The van der Waals surface area contributed by atoms with Gasteiger partial charge in [-0.05, 0) is 24.1 Å². The molecular formula is C13H18FNO5. The first kappa shape index (κ1) is 16.5. The minimum atomic E-state index is -0.848. The molecule has 7 heteroatoms. The Morgan fingerprint density at radius 3 is 2.60 bits per heavy atom. The molecule has 1 aromatic rings. The molecule has 0 aromatic heterocycles. The van der Waals surface area contributed by atoms with Crippen molar-refractivity contribution in [2.45, 2.75) is 13.0 Å². The molecular weight excluding hydrogens is 269 g/mol. The molecule has 1 rings (SSSR count). The maximum atomic E-state index is 13.3. The normalized spacial score (nSPS) is 10.7. The Morgan fingerprint density at radius 2 is 1.95 bits per heavy atom. The van der Waals surface area contributed by atoms with Crippen LogP contribution in [-0.4, -0.2) is 38.5 Å². The molecule has 0 aliphatic rings. The molecule has 1 aromatic carbocycles. The topological polar surface area (TPSA) is 70.8 Å². The number of hydrogen-bond donors (Lipinski definition) is 0. The second-order valence-corrected chi connectivity index (χ2v) is 4.05. The summed E-state index contributed by atoms with van der Waals surface area (Å²) in [6.07, 6.45) is 0.721. The zero-order valence-electron chi connectivity index (χ0n) is 11.3. The van der Waals surface area contributed by atoms with Gasteiger partial charge in [-0.3, -0.25) is 10.1 Å². The molecule has 0 spiro atoms. The monoisotopic (exact) mass is 287 g/mol. The van der Waals surface area contributed by atoms with E-state index in [1.54, 1.807) is 7.11 Å². The molecule has 0 saturated heterocycles. The molecule has 0 N–H and O–H groups in total. The molecule has 0 unspecified atom stereocenters. The predicted octanol–water partition coefficient (Wildman–Crippen LogP) is 2.30. The Hall–Kier alpha value is -1.57. The smallest absolute Gasteiger partial charge is 0.304 e. The van der Waals surface area contributed by atoms with Crippen LogP contribution in [0.3, 0.4) is 0 Å². The van der Waals surface area contributed by atoms with Gasteiger partial charge in [0, 0.05) is 26.4 Å². The first-order valence-corrected chi connectivity index (χ1v) is 6.22. The molecule has 6 nitrogen and oxygen atoms in total. The largest absolute Gasteiger partial charge is 0.382 e. The summed E-state index contributed by atoms with van der Waals surface area (Å²) < 4.78 is 28.7. The van der Waals surface area contributed by atoms with E-state index in [0.717, 1.165) is 18.6 Å². The molecule has 0 bridgehead atoms. The Bertz CT molecular complexity index is 427. The third-order valence-electron chi connectivity index (χ3n) is 2.49. The van der Waals surface area contributed by atoms with E-state index >= 15 is 0 Å². The van der Waals surface area contributed by atoms with Crippen molar-refractivity contribution in [1.29, 1.82) is 0 Å². The summed E-state index contributed by atoms with van der Waals surface area (Å²) in [5, 5.41) is 10.5. The van der Waals surface area contributed by atoms with Gasteiger partial charge in [-0.2, -0.15) is 4.39 Å². The summed E-state index contributed by atoms with van der Waals surface area (Å²) in [6, 6.07) is 3.74. The van der Waals surface area contributed by atoms with Crippen LogP contribution in [-0.2, 0) is 20.8 Å². The summed E-state index contributed by atoms with van der Waals surface area (Å²) in [5.41, 5.74) is 0.0358. The van der Waals surface area contributed by atoms with Gasteiger partial charge < -0.3 is 14.2 Å². The summed E-state index contributed by atoms with van der Waals surface area (Å²) in [6.45, 7) is 2.36. The van der Waals surface area contributed by atoms with Crippen molar-refractivity contribution in [3.05, 3.63) is 39.7 Å². The highest BCUT2D eigenvalue weighted by molar-refractivity contribution is 5.34. The van der Waals surface area contributed by atoms with E-state index in [0.29, 0.717) is 32.0 Å². The van der Waals surface area contributed by atoms with Crippen LogP contribution < -0.4 is 0 Å². The maximum absolute atomic E-state index is 13.3. The van der Waals surface area contributed by atoms with Gasteiger partial charge in [-0.1, -0.05) is 0 Å². The Morgan fingerprint density at radius 1 is 1.20 bits per heavy atom. The van der Waals surface area contributed by atoms with Gasteiger partial charge in [0.05, 0.1) is 24.7 Å². The van der Waals surface area contributed by atoms with Crippen molar-refractivity contribution in [1.82, 2.24) is 0 Å². The molecule has 0 aliphatic carbocycles. The lowest BCUT2D eigenvalue weighted by Crippen LogP contribution is -2.05. The van der Waals surface area contributed by atoms with Gasteiger partial charge in [0.15, 0.2) is 0 Å². The highest BCUT2D eigenvalue weighted by atomic mass is 19.1. The van der Waals surface area contributed by atoms with Crippen molar-refractivity contribution in [2.24, 2.45) is 0 Å². The molecule has 112 valence electrons. The van der Waals surface area contributed by atoms with Crippen LogP contribution in [0.15, 0.2) is 18.2 Å². The quantitative estimate of drug-likeness (QED) is 0.375. The van der Waals surface area contributed by atoms with E-state index < -0.39 is 16.4 Å². The summed E-state index contributed by atoms with van der Waals surface area (Å²) in [4.78, 5) is 9.70. The van der Waals surface area contributed by atoms with Crippen LogP contribution in [0, 0.1) is 15.9 Å². The minimum absolute atomic E-state index is 0.215. The van der Waals surface area contributed by atoms with E-state index in [1.165, 1.54) is 6.07 Å². The van der Waals surface area contributed by atoms with Crippen molar-refractivity contribution >= 4 is 5.69 Å². The zero-order chi connectivity index (χ0) is 14.8. The number of nitrogens with zero attached hydrogens (tertiary/aromatic N) is 1. The van der Waals surface area contributed by atoms with E-state index in [1.807, 2.05) is 0 Å². The second-order valence-electron chi connectivity index (χ2n) is 4.05. The van der Waals surface area contributed by atoms with E-state index in [2.05, 4.69) is 0 Å². The average molecular weight is 287 g/mol. The number of hydrogen-bond acceptors (Lipinski definition) is 5. The second kappa shape index (κ2) is 9.35. The van der Waals surface area contributed by atoms with E-state index in [9.17, 15) is 14.5 Å². The predicted molar refractivity (Wildman–Crippen MR) is 70.0 cm³/mol. The third-order valence-corrected chi connectivity index (χ3v) is 2.49. The van der Waals surface area contributed by atoms with Gasteiger partial charge in [0.2, 0.25) is 5.82 Å². The third kappa shape index (κ3) is 6.05. The van der Waals surface area contributed by atoms with Crippen molar-refractivity contribution < 1.29 is 23.5 Å². The lowest BCUT2D eigenvalue weighted by atomic mass is 10.2. The Labute approximate surface area is 116 Å². The van der Waals surface area contributed by atoms with E-state index in [-0.39, 0.29) is 6.61 Å². The zero-order valence-corrected chi connectivity index (χ0v) is 11.3. The van der Waals surface area contributed by atoms with Crippen LogP contribution in [0.4, 0.5) is 10.1 Å². The summed E-state index contributed by atoms with van der Waals surface area (Å²) >= 11 is 0. The number of ether oxygens (including phenoxy) is 3. The summed E-state index contributed by atoms with van der Waals surface area (Å²) in [7, 11) is 1.61. The number of benzene rings is 1. The number of nitro groups is 1. The standard InChI is InChI=1S/C13H18FNO5/c1-18-7-8-19-5-2-6-20-10-11-3-4-13(15(16)17)12(14)9-11/h3-4,9H,2,5-8,10H2,1H3. The number of rotatable bonds is 10. The number of methoxy groups -OCH3 is 1. The lowest BCUT2D eigenvalue weighted by molar-refractivity contribution is -0.387. The molecule has 0 saturated carbocycles. The molecule has 20 heavy (non-hydrogen) atoms. The molecule has 0 atom stereocenters. The molecule has 0 aliphatic heterocycles. The molecule has 0 fully saturated rings. The highest BCUT2D eigenvalue weighted by Crippen LogP contribution is 2.18.